The van der Waals surface area contributed by atoms with Gasteiger partial charge in [-0.1, -0.05) is 26.0 Å². The van der Waals surface area contributed by atoms with Gasteiger partial charge in [-0.2, -0.15) is 0 Å². The highest BCUT2D eigenvalue weighted by Crippen LogP contribution is 2.28. The molecule has 0 saturated carbocycles. The van der Waals surface area contributed by atoms with E-state index in [1.807, 2.05) is 19.9 Å². The number of rotatable bonds is 7. The number of halogens is 1. The van der Waals surface area contributed by atoms with E-state index in [1.165, 1.54) is 17.4 Å². The van der Waals surface area contributed by atoms with Crippen molar-refractivity contribution in [2.45, 2.75) is 33.6 Å². The van der Waals surface area contributed by atoms with Gasteiger partial charge >= 0.3 is 0 Å². The van der Waals surface area contributed by atoms with Crippen LogP contribution in [0.25, 0.3) is 0 Å². The summed E-state index contributed by atoms with van der Waals surface area (Å²) in [4.78, 5) is 25.5. The molecule has 0 fully saturated rings. The highest BCUT2D eigenvalue weighted by Gasteiger charge is 2.25. The molecule has 0 amide bonds. The summed E-state index contributed by atoms with van der Waals surface area (Å²) < 4.78 is 13.9. The molecule has 0 bridgehead atoms. The summed E-state index contributed by atoms with van der Waals surface area (Å²) in [6, 6.07) is 8.01. The lowest BCUT2D eigenvalue weighted by Crippen LogP contribution is -2.23. The van der Waals surface area contributed by atoms with Crippen molar-refractivity contribution in [1.82, 2.24) is 0 Å². The van der Waals surface area contributed by atoms with Crippen molar-refractivity contribution in [1.29, 1.82) is 5.41 Å². The van der Waals surface area contributed by atoms with Gasteiger partial charge in [-0.25, -0.2) is 4.39 Å². The molecule has 0 aliphatic carbocycles. The Morgan fingerprint density at radius 1 is 1.25 bits per heavy atom. The lowest BCUT2D eigenvalue weighted by atomic mass is 9.85. The van der Waals surface area contributed by atoms with Crippen molar-refractivity contribution in [2.75, 3.05) is 0 Å². The number of carbonyl (C=O) groups excluding carboxylic acids is 2. The number of Topliss-reactive ketones (excluding diaryl/α,β-unsaturated/α-hetero) is 2. The maximum Gasteiger partial charge on any atom is 0.177 e. The Morgan fingerprint density at radius 2 is 1.96 bits per heavy atom. The van der Waals surface area contributed by atoms with Crippen molar-refractivity contribution < 1.29 is 14.0 Å². The third-order valence-electron chi connectivity index (χ3n) is 4.10. The summed E-state index contributed by atoms with van der Waals surface area (Å²) in [6.45, 7) is 5.34. The summed E-state index contributed by atoms with van der Waals surface area (Å²) in [5, 5.41) is 7.11. The number of hydrogen-bond acceptors (Lipinski definition) is 4. The van der Waals surface area contributed by atoms with Crippen LogP contribution in [0.1, 0.15) is 46.4 Å². The van der Waals surface area contributed by atoms with E-state index in [4.69, 9.17) is 5.41 Å². The molecule has 0 atom stereocenters. The molecular weight excluding hydrogens is 325 g/mol. The van der Waals surface area contributed by atoms with Crippen molar-refractivity contribution in [3.63, 3.8) is 0 Å². The van der Waals surface area contributed by atoms with Gasteiger partial charge in [0.05, 0.1) is 4.88 Å². The van der Waals surface area contributed by atoms with Crippen molar-refractivity contribution in [3.8, 4) is 0 Å². The first-order valence-electron chi connectivity index (χ1n) is 7.65. The third kappa shape index (κ3) is 4.23. The Balaban J connectivity index is 2.11. The van der Waals surface area contributed by atoms with Crippen LogP contribution in [0, 0.1) is 16.6 Å². The monoisotopic (exact) mass is 345 g/mol. The van der Waals surface area contributed by atoms with Crippen molar-refractivity contribution in [3.05, 3.63) is 57.0 Å². The predicted molar refractivity (Wildman–Crippen MR) is 94.8 cm³/mol. The van der Waals surface area contributed by atoms with Crippen LogP contribution in [-0.2, 0) is 17.6 Å². The summed E-state index contributed by atoms with van der Waals surface area (Å²) in [6.07, 6.45) is 1.64. The number of thiophene rings is 1. The second-order valence-electron chi connectivity index (χ2n) is 6.48. The number of ketones is 2. The first-order valence-corrected chi connectivity index (χ1v) is 8.46. The first kappa shape index (κ1) is 18.2. The van der Waals surface area contributed by atoms with E-state index < -0.39 is 11.2 Å². The van der Waals surface area contributed by atoms with Crippen LogP contribution in [0.5, 0.6) is 0 Å². The summed E-state index contributed by atoms with van der Waals surface area (Å²) in [7, 11) is 0. The number of benzene rings is 1. The Labute approximate surface area is 145 Å². The molecule has 1 aromatic heterocycles. The van der Waals surface area contributed by atoms with Crippen LogP contribution in [0.3, 0.4) is 0 Å². The molecule has 2 rings (SSSR count). The van der Waals surface area contributed by atoms with Crippen LogP contribution >= 0.6 is 11.3 Å². The minimum Gasteiger partial charge on any atom is -0.308 e. The van der Waals surface area contributed by atoms with Gasteiger partial charge in [0.2, 0.25) is 0 Å². The van der Waals surface area contributed by atoms with Gasteiger partial charge in [0.25, 0.3) is 0 Å². The predicted octanol–water partition coefficient (Wildman–Crippen LogP) is 4.47. The van der Waals surface area contributed by atoms with E-state index in [0.717, 1.165) is 11.1 Å². The van der Waals surface area contributed by atoms with E-state index in [1.54, 1.807) is 25.1 Å². The first-order chi connectivity index (χ1) is 11.2. The fourth-order valence-corrected chi connectivity index (χ4v) is 3.41. The zero-order valence-corrected chi connectivity index (χ0v) is 14.8. The standard InChI is InChI=1S/C19H20FNO2S/c1-12(22)19(2,3)10-15-6-7-18(24-15)17(23)9-14-5-4-13(11-21)8-16(14)20/h4-8,11,21H,9-10H2,1-3H3. The quantitative estimate of drug-likeness (QED) is 0.594. The molecule has 5 heteroatoms. The van der Waals surface area contributed by atoms with Gasteiger partial charge in [-0.05, 0) is 42.7 Å². The number of carbonyl (C=O) groups is 2. The van der Waals surface area contributed by atoms with Crippen LogP contribution < -0.4 is 0 Å². The second-order valence-corrected chi connectivity index (χ2v) is 7.65. The molecule has 126 valence electrons. The summed E-state index contributed by atoms with van der Waals surface area (Å²) in [5.74, 6) is -0.510. The van der Waals surface area contributed by atoms with Gasteiger partial charge in [0.15, 0.2) is 5.78 Å². The van der Waals surface area contributed by atoms with E-state index >= 15 is 0 Å². The van der Waals surface area contributed by atoms with Crippen LogP contribution in [-0.4, -0.2) is 17.8 Å². The maximum atomic E-state index is 13.9. The Hall–Kier alpha value is -2.14. The van der Waals surface area contributed by atoms with E-state index in [2.05, 4.69) is 0 Å². The van der Waals surface area contributed by atoms with Gasteiger partial charge < -0.3 is 5.41 Å². The molecule has 3 nitrogen and oxygen atoms in total. The number of hydrogen-bond donors (Lipinski definition) is 1. The molecule has 0 aliphatic rings. The smallest absolute Gasteiger partial charge is 0.177 e. The maximum absolute atomic E-state index is 13.9. The minimum atomic E-state index is -0.473. The zero-order chi connectivity index (χ0) is 17.9. The van der Waals surface area contributed by atoms with Gasteiger partial charge in [-0.3, -0.25) is 9.59 Å². The average molecular weight is 345 g/mol. The number of nitrogens with one attached hydrogen (secondary N) is 1. The topological polar surface area (TPSA) is 58.0 Å². The summed E-state index contributed by atoms with van der Waals surface area (Å²) in [5.41, 5.74) is 0.332. The lowest BCUT2D eigenvalue weighted by molar-refractivity contribution is -0.124. The van der Waals surface area contributed by atoms with Crippen molar-refractivity contribution in [2.24, 2.45) is 5.41 Å². The van der Waals surface area contributed by atoms with Crippen LogP contribution in [0.2, 0.25) is 0 Å². The molecule has 2 aromatic rings. The fraction of sp³-hybridized carbons (Fsp3) is 0.316. The second kappa shape index (κ2) is 7.18. The molecule has 1 heterocycles. The SMILES string of the molecule is CC(=O)C(C)(C)Cc1ccc(C(=O)Cc2ccc(C=N)cc2F)s1. The van der Waals surface area contributed by atoms with Gasteiger partial charge in [0, 0.05) is 22.9 Å². The highest BCUT2D eigenvalue weighted by atomic mass is 32.1. The zero-order valence-electron chi connectivity index (χ0n) is 14.0. The van der Waals surface area contributed by atoms with E-state index in [-0.39, 0.29) is 18.0 Å². The Kier molecular flexibility index (Phi) is 5.44. The van der Waals surface area contributed by atoms with E-state index in [0.29, 0.717) is 22.4 Å². The molecule has 1 N–H and O–H groups in total. The van der Waals surface area contributed by atoms with Gasteiger partial charge in [-0.15, -0.1) is 11.3 Å². The normalized spacial score (nSPS) is 11.3. The molecule has 0 radical (unpaired) electrons. The fourth-order valence-electron chi connectivity index (χ4n) is 2.24. The van der Waals surface area contributed by atoms with Gasteiger partial charge in [0.1, 0.15) is 11.6 Å². The molecule has 0 unspecified atom stereocenters. The largest absolute Gasteiger partial charge is 0.308 e. The third-order valence-corrected chi connectivity index (χ3v) is 5.23. The molecule has 1 aromatic carbocycles. The Morgan fingerprint density at radius 3 is 2.54 bits per heavy atom. The molecule has 24 heavy (non-hydrogen) atoms. The Bertz CT molecular complexity index is 792. The van der Waals surface area contributed by atoms with Crippen molar-refractivity contribution >= 4 is 29.1 Å². The molecular formula is C19H20FNO2S. The molecule has 0 saturated heterocycles. The van der Waals surface area contributed by atoms with Crippen LogP contribution in [0.15, 0.2) is 30.3 Å². The lowest BCUT2D eigenvalue weighted by Gasteiger charge is -2.19. The minimum absolute atomic E-state index is 0.0137. The van der Waals surface area contributed by atoms with E-state index in [9.17, 15) is 14.0 Å². The highest BCUT2D eigenvalue weighted by molar-refractivity contribution is 7.14. The average Bonchev–Trinajstić information content (AvgIpc) is 2.97. The van der Waals surface area contributed by atoms with Crippen LogP contribution in [0.4, 0.5) is 4.39 Å². The molecule has 0 spiro atoms. The molecule has 0 aliphatic heterocycles. The summed E-state index contributed by atoms with van der Waals surface area (Å²) >= 11 is 1.36.